The van der Waals surface area contributed by atoms with Crippen LogP contribution in [0.25, 0.3) is 0 Å². The molecule has 0 unspecified atom stereocenters. The van der Waals surface area contributed by atoms with Crippen molar-refractivity contribution in [1.29, 1.82) is 0 Å². The Bertz CT molecular complexity index is 469. The molecule has 116 valence electrons. The molecule has 0 bridgehead atoms. The highest BCUT2D eigenvalue weighted by Gasteiger charge is 2.30. The summed E-state index contributed by atoms with van der Waals surface area (Å²) in [5.74, 6) is 0. The summed E-state index contributed by atoms with van der Waals surface area (Å²) in [6.07, 6.45) is -0.565. The van der Waals surface area contributed by atoms with Gasteiger partial charge in [-0.2, -0.15) is 13.2 Å². The van der Waals surface area contributed by atoms with E-state index in [-0.39, 0.29) is 0 Å². The second-order valence-corrected chi connectivity index (χ2v) is 6.12. The van der Waals surface area contributed by atoms with E-state index in [0.717, 1.165) is 38.2 Å². The Labute approximate surface area is 123 Å². The number of rotatable bonds is 2. The molecule has 2 fully saturated rings. The first-order valence-electron chi connectivity index (χ1n) is 7.65. The van der Waals surface area contributed by atoms with E-state index in [9.17, 15) is 13.2 Å². The highest BCUT2D eigenvalue weighted by Crippen LogP contribution is 2.29. The van der Waals surface area contributed by atoms with Gasteiger partial charge in [-0.1, -0.05) is 12.1 Å². The van der Waals surface area contributed by atoms with Crippen molar-refractivity contribution in [3.05, 3.63) is 35.4 Å². The van der Waals surface area contributed by atoms with Crippen molar-refractivity contribution in [2.24, 2.45) is 0 Å². The topological polar surface area (TPSA) is 6.48 Å². The Hall–Kier alpha value is -1.07. The lowest BCUT2D eigenvalue weighted by Crippen LogP contribution is -2.36. The highest BCUT2D eigenvalue weighted by atomic mass is 19.4. The van der Waals surface area contributed by atoms with Gasteiger partial charge in [-0.05, 0) is 56.6 Å². The molecule has 3 rings (SSSR count). The fourth-order valence-electron chi connectivity index (χ4n) is 3.48. The van der Waals surface area contributed by atoms with Crippen molar-refractivity contribution < 1.29 is 13.2 Å². The Morgan fingerprint density at radius 3 is 2.43 bits per heavy atom. The third kappa shape index (κ3) is 3.58. The molecule has 2 aliphatic heterocycles. The van der Waals surface area contributed by atoms with Gasteiger partial charge in [0.05, 0.1) is 5.56 Å². The molecule has 0 aromatic heterocycles. The van der Waals surface area contributed by atoms with E-state index >= 15 is 0 Å². The smallest absolute Gasteiger partial charge is 0.299 e. The number of hydrogen-bond donors (Lipinski definition) is 0. The van der Waals surface area contributed by atoms with E-state index in [2.05, 4.69) is 9.80 Å². The van der Waals surface area contributed by atoms with E-state index in [1.807, 2.05) is 0 Å². The molecule has 2 aliphatic rings. The fraction of sp³-hybridized carbons (Fsp3) is 0.625. The maximum atomic E-state index is 12.6. The molecule has 0 N–H and O–H groups in total. The minimum absolute atomic E-state index is 0.566. The molecule has 0 saturated carbocycles. The maximum absolute atomic E-state index is 12.6. The lowest BCUT2D eigenvalue weighted by molar-refractivity contribution is -0.137. The summed E-state index contributed by atoms with van der Waals surface area (Å²) in [7, 11) is 0. The average Bonchev–Trinajstić information content (AvgIpc) is 2.77. The molecular weight excluding hydrogens is 277 g/mol. The van der Waals surface area contributed by atoms with Crippen molar-refractivity contribution in [2.45, 2.75) is 38.0 Å². The monoisotopic (exact) mass is 298 g/mol. The van der Waals surface area contributed by atoms with Crippen LogP contribution in [0.4, 0.5) is 13.2 Å². The van der Waals surface area contributed by atoms with Crippen LogP contribution in [0.3, 0.4) is 0 Å². The van der Waals surface area contributed by atoms with Gasteiger partial charge in [0, 0.05) is 19.1 Å². The standard InChI is InChI=1S/C16H21F3N2/c17-16(18,19)14-6-4-13(5-7-14)11-20-8-2-10-21-9-1-3-15(21)12-20/h4-7,15H,1-3,8-12H2/t15-/m0/s1. The first kappa shape index (κ1) is 14.9. The van der Waals surface area contributed by atoms with Crippen molar-refractivity contribution in [3.63, 3.8) is 0 Å². The molecule has 0 spiro atoms. The Balaban J connectivity index is 1.63. The van der Waals surface area contributed by atoms with Crippen LogP contribution in [0.2, 0.25) is 0 Å². The molecule has 2 heterocycles. The van der Waals surface area contributed by atoms with Gasteiger partial charge in [0.2, 0.25) is 0 Å². The molecule has 0 aliphatic carbocycles. The minimum atomic E-state index is -4.24. The summed E-state index contributed by atoms with van der Waals surface area (Å²) >= 11 is 0. The molecule has 0 radical (unpaired) electrons. The number of alkyl halides is 3. The second kappa shape index (κ2) is 5.97. The van der Waals surface area contributed by atoms with Crippen LogP contribution >= 0.6 is 0 Å². The van der Waals surface area contributed by atoms with Gasteiger partial charge in [0.1, 0.15) is 0 Å². The van der Waals surface area contributed by atoms with Gasteiger partial charge in [0.25, 0.3) is 0 Å². The Morgan fingerprint density at radius 2 is 1.71 bits per heavy atom. The molecule has 2 nitrogen and oxygen atoms in total. The van der Waals surface area contributed by atoms with Crippen LogP contribution in [0.1, 0.15) is 30.4 Å². The van der Waals surface area contributed by atoms with Crippen LogP contribution in [-0.2, 0) is 12.7 Å². The molecule has 5 heteroatoms. The molecule has 2 saturated heterocycles. The zero-order chi connectivity index (χ0) is 14.9. The van der Waals surface area contributed by atoms with Crippen LogP contribution in [-0.4, -0.2) is 42.0 Å². The molecule has 1 aromatic rings. The number of benzene rings is 1. The van der Waals surface area contributed by atoms with Gasteiger partial charge >= 0.3 is 6.18 Å². The number of nitrogens with zero attached hydrogens (tertiary/aromatic N) is 2. The molecule has 0 amide bonds. The molecule has 1 aromatic carbocycles. The van der Waals surface area contributed by atoms with Crippen LogP contribution in [0.5, 0.6) is 0 Å². The lowest BCUT2D eigenvalue weighted by Gasteiger charge is -2.25. The van der Waals surface area contributed by atoms with Crippen molar-refractivity contribution in [3.8, 4) is 0 Å². The largest absolute Gasteiger partial charge is 0.416 e. The fourth-order valence-corrected chi connectivity index (χ4v) is 3.48. The SMILES string of the molecule is FC(F)(F)c1ccc(CN2CCCN3CCC[C@H]3C2)cc1. The quantitative estimate of drug-likeness (QED) is 0.826. The van der Waals surface area contributed by atoms with Crippen molar-refractivity contribution in [1.82, 2.24) is 9.80 Å². The summed E-state index contributed by atoms with van der Waals surface area (Å²) < 4.78 is 37.7. The van der Waals surface area contributed by atoms with Gasteiger partial charge < -0.3 is 0 Å². The second-order valence-electron chi connectivity index (χ2n) is 6.12. The molecular formula is C16H21F3N2. The lowest BCUT2D eigenvalue weighted by atomic mass is 10.1. The van der Waals surface area contributed by atoms with Gasteiger partial charge in [0.15, 0.2) is 0 Å². The van der Waals surface area contributed by atoms with Gasteiger partial charge in [-0.25, -0.2) is 0 Å². The number of halogens is 3. The van der Waals surface area contributed by atoms with Crippen LogP contribution in [0, 0.1) is 0 Å². The van der Waals surface area contributed by atoms with Crippen LogP contribution < -0.4 is 0 Å². The summed E-state index contributed by atoms with van der Waals surface area (Å²) in [6.45, 7) is 5.20. The predicted molar refractivity (Wildman–Crippen MR) is 75.9 cm³/mol. The van der Waals surface area contributed by atoms with Gasteiger partial charge in [-0.3, -0.25) is 9.80 Å². The average molecular weight is 298 g/mol. The van der Waals surface area contributed by atoms with E-state index in [4.69, 9.17) is 0 Å². The predicted octanol–water partition coefficient (Wildman–Crippen LogP) is 3.38. The normalized spacial score (nSPS) is 24.8. The Morgan fingerprint density at radius 1 is 1.00 bits per heavy atom. The first-order chi connectivity index (χ1) is 10.0. The number of hydrogen-bond acceptors (Lipinski definition) is 2. The summed E-state index contributed by atoms with van der Waals surface area (Å²) in [4.78, 5) is 4.95. The van der Waals surface area contributed by atoms with E-state index in [1.165, 1.54) is 31.5 Å². The van der Waals surface area contributed by atoms with E-state index in [0.29, 0.717) is 6.04 Å². The summed E-state index contributed by atoms with van der Waals surface area (Å²) in [6, 6.07) is 6.24. The summed E-state index contributed by atoms with van der Waals surface area (Å²) in [5.41, 5.74) is 0.401. The van der Waals surface area contributed by atoms with Crippen molar-refractivity contribution >= 4 is 0 Å². The third-order valence-electron chi connectivity index (χ3n) is 4.58. The van der Waals surface area contributed by atoms with E-state index in [1.54, 1.807) is 12.1 Å². The highest BCUT2D eigenvalue weighted by molar-refractivity contribution is 5.24. The molecule has 1 atom stereocenters. The van der Waals surface area contributed by atoms with E-state index < -0.39 is 11.7 Å². The minimum Gasteiger partial charge on any atom is -0.299 e. The van der Waals surface area contributed by atoms with Gasteiger partial charge in [-0.15, -0.1) is 0 Å². The zero-order valence-electron chi connectivity index (χ0n) is 12.1. The maximum Gasteiger partial charge on any atom is 0.416 e. The zero-order valence-corrected chi connectivity index (χ0v) is 12.1. The third-order valence-corrected chi connectivity index (χ3v) is 4.58. The number of fused-ring (bicyclic) bond motifs is 1. The first-order valence-corrected chi connectivity index (χ1v) is 7.65. The Kier molecular flexibility index (Phi) is 4.22. The van der Waals surface area contributed by atoms with Crippen LogP contribution in [0.15, 0.2) is 24.3 Å². The summed E-state index contributed by atoms with van der Waals surface area (Å²) in [5, 5.41) is 0. The molecule has 21 heavy (non-hydrogen) atoms. The van der Waals surface area contributed by atoms with Crippen molar-refractivity contribution in [2.75, 3.05) is 26.2 Å².